The van der Waals surface area contributed by atoms with Gasteiger partial charge in [-0.2, -0.15) is 0 Å². The second-order valence-corrected chi connectivity index (χ2v) is 8.42. The van der Waals surface area contributed by atoms with Gasteiger partial charge in [0.15, 0.2) is 11.6 Å². The molecule has 1 aromatic heterocycles. The van der Waals surface area contributed by atoms with Crippen LogP contribution in [0.15, 0.2) is 18.2 Å². The van der Waals surface area contributed by atoms with Crippen LogP contribution in [-0.2, 0) is 24.1 Å². The largest absolute Gasteiger partial charge is 0.450 e. The van der Waals surface area contributed by atoms with Crippen molar-refractivity contribution in [1.29, 1.82) is 0 Å². The summed E-state index contributed by atoms with van der Waals surface area (Å²) in [6.45, 7) is 6.09. The molecular weight excluding hydrogens is 416 g/mol. The van der Waals surface area contributed by atoms with Gasteiger partial charge in [-0.1, -0.05) is 6.07 Å². The van der Waals surface area contributed by atoms with Gasteiger partial charge in [-0.25, -0.2) is 13.6 Å². The molecule has 1 aliphatic carbocycles. The number of nitrogens with zero attached hydrogens (tertiary/aromatic N) is 3. The SMILES string of the molecule is CCOC(=O)N1CCN(C(=O)c2c(C)c3c(n2Cc2ccc(F)c(F)c2)CCCC3)CC1. The molecule has 0 radical (unpaired) electrons. The van der Waals surface area contributed by atoms with Crippen molar-refractivity contribution in [2.45, 2.75) is 46.1 Å². The highest BCUT2D eigenvalue weighted by Gasteiger charge is 2.31. The van der Waals surface area contributed by atoms with Crippen LogP contribution in [0, 0.1) is 18.6 Å². The van der Waals surface area contributed by atoms with E-state index in [0.29, 0.717) is 50.6 Å². The van der Waals surface area contributed by atoms with Crippen LogP contribution >= 0.6 is 0 Å². The zero-order valence-corrected chi connectivity index (χ0v) is 18.6. The summed E-state index contributed by atoms with van der Waals surface area (Å²) in [4.78, 5) is 29.0. The van der Waals surface area contributed by atoms with Crippen LogP contribution in [0.1, 0.15) is 52.6 Å². The van der Waals surface area contributed by atoms with E-state index in [9.17, 15) is 18.4 Å². The van der Waals surface area contributed by atoms with Crippen molar-refractivity contribution in [3.63, 3.8) is 0 Å². The first kappa shape index (κ1) is 22.3. The summed E-state index contributed by atoms with van der Waals surface area (Å²) in [5.74, 6) is -1.85. The van der Waals surface area contributed by atoms with Crippen LogP contribution in [0.25, 0.3) is 0 Å². The number of fused-ring (bicyclic) bond motifs is 1. The zero-order chi connectivity index (χ0) is 22.8. The van der Waals surface area contributed by atoms with E-state index in [0.717, 1.165) is 43.0 Å². The third-order valence-electron chi connectivity index (χ3n) is 6.46. The molecule has 0 N–H and O–H groups in total. The standard InChI is InChI=1S/C24H29F2N3O3/c1-3-32-24(31)28-12-10-27(11-13-28)23(30)22-16(2)18-6-4-5-7-21(18)29(22)15-17-8-9-19(25)20(26)14-17/h8-9,14H,3-7,10-13,15H2,1-2H3. The number of carbonyl (C=O) groups excluding carboxylic acids is 2. The van der Waals surface area contributed by atoms with Gasteiger partial charge >= 0.3 is 6.09 Å². The van der Waals surface area contributed by atoms with Crippen LogP contribution < -0.4 is 0 Å². The molecule has 1 saturated heterocycles. The lowest BCUT2D eigenvalue weighted by Gasteiger charge is -2.34. The fraction of sp³-hybridized carbons (Fsp3) is 0.500. The molecule has 0 atom stereocenters. The summed E-state index contributed by atoms with van der Waals surface area (Å²) in [5.41, 5.74) is 4.53. The highest BCUT2D eigenvalue weighted by atomic mass is 19.2. The third-order valence-corrected chi connectivity index (χ3v) is 6.46. The third kappa shape index (κ3) is 4.23. The lowest BCUT2D eigenvalue weighted by atomic mass is 9.95. The minimum atomic E-state index is -0.886. The molecule has 0 saturated carbocycles. The molecule has 2 aromatic rings. The number of hydrogen-bond donors (Lipinski definition) is 0. The molecular formula is C24H29F2N3O3. The number of benzene rings is 1. The minimum Gasteiger partial charge on any atom is -0.450 e. The number of piperazine rings is 1. The molecule has 172 valence electrons. The van der Waals surface area contributed by atoms with E-state index in [2.05, 4.69) is 0 Å². The minimum absolute atomic E-state index is 0.0806. The Bertz CT molecular complexity index is 1030. The smallest absolute Gasteiger partial charge is 0.409 e. The number of rotatable bonds is 4. The summed E-state index contributed by atoms with van der Waals surface area (Å²) < 4.78 is 34.3. The average Bonchev–Trinajstić information content (AvgIpc) is 3.08. The Morgan fingerprint density at radius 1 is 1.00 bits per heavy atom. The van der Waals surface area contributed by atoms with Crippen molar-refractivity contribution < 1.29 is 23.1 Å². The Labute approximate surface area is 186 Å². The number of hydrogen-bond acceptors (Lipinski definition) is 3. The van der Waals surface area contributed by atoms with Crippen molar-refractivity contribution in [1.82, 2.24) is 14.4 Å². The van der Waals surface area contributed by atoms with Gasteiger partial charge in [-0.05, 0) is 68.4 Å². The van der Waals surface area contributed by atoms with E-state index < -0.39 is 11.6 Å². The maximum absolute atomic E-state index is 13.8. The first-order chi connectivity index (χ1) is 15.4. The van der Waals surface area contributed by atoms with Gasteiger partial charge in [-0.15, -0.1) is 0 Å². The Morgan fingerprint density at radius 3 is 2.38 bits per heavy atom. The molecule has 1 aliphatic heterocycles. The fourth-order valence-corrected chi connectivity index (χ4v) is 4.80. The number of ether oxygens (including phenoxy) is 1. The maximum Gasteiger partial charge on any atom is 0.409 e. The fourth-order valence-electron chi connectivity index (χ4n) is 4.80. The van der Waals surface area contributed by atoms with Gasteiger partial charge in [-0.3, -0.25) is 4.79 Å². The van der Waals surface area contributed by atoms with Crippen LogP contribution in [0.5, 0.6) is 0 Å². The molecule has 4 rings (SSSR count). The molecule has 32 heavy (non-hydrogen) atoms. The van der Waals surface area contributed by atoms with E-state index in [1.54, 1.807) is 22.8 Å². The molecule has 2 heterocycles. The van der Waals surface area contributed by atoms with Crippen LogP contribution in [0.3, 0.4) is 0 Å². The number of carbonyl (C=O) groups is 2. The average molecular weight is 446 g/mol. The lowest BCUT2D eigenvalue weighted by Crippen LogP contribution is -2.51. The number of halogens is 2. The van der Waals surface area contributed by atoms with Crippen LogP contribution in [0.4, 0.5) is 13.6 Å². The number of amides is 2. The highest BCUT2D eigenvalue weighted by molar-refractivity contribution is 5.95. The Hall–Kier alpha value is -2.90. The van der Waals surface area contributed by atoms with Gasteiger partial charge < -0.3 is 19.1 Å². The van der Waals surface area contributed by atoms with Gasteiger partial charge in [0.05, 0.1) is 6.61 Å². The predicted molar refractivity (Wildman–Crippen MR) is 116 cm³/mol. The quantitative estimate of drug-likeness (QED) is 0.717. The second kappa shape index (κ2) is 9.30. The summed E-state index contributed by atoms with van der Waals surface area (Å²) in [6.07, 6.45) is 3.55. The molecule has 1 aromatic carbocycles. The normalized spacial score (nSPS) is 16.1. The van der Waals surface area contributed by atoms with Crippen molar-refractivity contribution in [3.8, 4) is 0 Å². The summed E-state index contributed by atoms with van der Waals surface area (Å²) in [7, 11) is 0. The van der Waals surface area contributed by atoms with E-state index in [-0.39, 0.29) is 12.0 Å². The van der Waals surface area contributed by atoms with Gasteiger partial charge in [0, 0.05) is 38.4 Å². The number of aromatic nitrogens is 1. The molecule has 0 spiro atoms. The van der Waals surface area contributed by atoms with E-state index >= 15 is 0 Å². The van der Waals surface area contributed by atoms with E-state index in [1.165, 1.54) is 11.6 Å². The first-order valence-electron chi connectivity index (χ1n) is 11.3. The van der Waals surface area contributed by atoms with Crippen molar-refractivity contribution >= 4 is 12.0 Å². The first-order valence-corrected chi connectivity index (χ1v) is 11.3. The Kier molecular flexibility index (Phi) is 6.48. The maximum atomic E-state index is 13.8. The molecule has 0 unspecified atom stereocenters. The van der Waals surface area contributed by atoms with Crippen LogP contribution in [0.2, 0.25) is 0 Å². The molecule has 0 bridgehead atoms. The summed E-state index contributed by atoms with van der Waals surface area (Å²) in [5, 5.41) is 0. The molecule has 6 nitrogen and oxygen atoms in total. The van der Waals surface area contributed by atoms with Gasteiger partial charge in [0.1, 0.15) is 5.69 Å². The topological polar surface area (TPSA) is 54.8 Å². The Morgan fingerprint density at radius 2 is 1.69 bits per heavy atom. The predicted octanol–water partition coefficient (Wildman–Crippen LogP) is 3.92. The van der Waals surface area contributed by atoms with Gasteiger partial charge in [0.2, 0.25) is 0 Å². The highest BCUT2D eigenvalue weighted by Crippen LogP contribution is 2.31. The van der Waals surface area contributed by atoms with Crippen molar-refractivity contribution in [2.24, 2.45) is 0 Å². The second-order valence-electron chi connectivity index (χ2n) is 8.42. The van der Waals surface area contributed by atoms with E-state index in [4.69, 9.17) is 4.74 Å². The van der Waals surface area contributed by atoms with Crippen LogP contribution in [-0.4, -0.2) is 59.2 Å². The van der Waals surface area contributed by atoms with Gasteiger partial charge in [0.25, 0.3) is 5.91 Å². The van der Waals surface area contributed by atoms with Crippen molar-refractivity contribution in [3.05, 3.63) is 57.9 Å². The molecule has 2 aliphatic rings. The van der Waals surface area contributed by atoms with Crippen molar-refractivity contribution in [2.75, 3.05) is 32.8 Å². The van der Waals surface area contributed by atoms with E-state index in [1.807, 2.05) is 11.5 Å². The Balaban J connectivity index is 1.62. The lowest BCUT2D eigenvalue weighted by molar-refractivity contribution is 0.0561. The summed E-state index contributed by atoms with van der Waals surface area (Å²) >= 11 is 0. The molecule has 2 amide bonds. The molecule has 1 fully saturated rings. The zero-order valence-electron chi connectivity index (χ0n) is 18.6. The monoisotopic (exact) mass is 445 g/mol. The summed E-state index contributed by atoms with van der Waals surface area (Å²) in [6, 6.07) is 3.89. The molecule has 8 heteroatoms.